The summed E-state index contributed by atoms with van der Waals surface area (Å²) in [6.07, 6.45) is 6.84. The van der Waals surface area contributed by atoms with E-state index >= 15 is 0 Å². The van der Waals surface area contributed by atoms with Crippen LogP contribution in [-0.2, 0) is 22.9 Å². The fourth-order valence-electron chi connectivity index (χ4n) is 4.45. The molecule has 162 valence electrons. The summed E-state index contributed by atoms with van der Waals surface area (Å²) < 4.78 is 33.3. The second-order valence-electron chi connectivity index (χ2n) is 8.11. The maximum Gasteiger partial charge on any atom is 0.225 e. The van der Waals surface area contributed by atoms with Crippen molar-refractivity contribution in [2.45, 2.75) is 37.9 Å². The largest absolute Gasteiger partial charge is 0.497 e. The van der Waals surface area contributed by atoms with E-state index in [1.807, 2.05) is 36.7 Å². The second-order valence-corrected chi connectivity index (χ2v) is 10.3. The summed E-state index contributed by atoms with van der Waals surface area (Å²) in [5.74, 6) is 1.69. The highest BCUT2D eigenvalue weighted by atomic mass is 32.2. The molecule has 1 aromatic carbocycles. The van der Waals surface area contributed by atoms with Gasteiger partial charge in [-0.25, -0.2) is 22.7 Å². The van der Waals surface area contributed by atoms with Crippen LogP contribution in [0.5, 0.6) is 5.75 Å². The van der Waals surface area contributed by atoms with Gasteiger partial charge < -0.3 is 9.64 Å². The van der Waals surface area contributed by atoms with E-state index in [4.69, 9.17) is 4.74 Å². The van der Waals surface area contributed by atoms with Gasteiger partial charge in [-0.1, -0.05) is 19.1 Å². The number of ether oxygens (including phenoxy) is 1. The van der Waals surface area contributed by atoms with Crippen LogP contribution in [0.15, 0.2) is 36.7 Å². The van der Waals surface area contributed by atoms with Crippen molar-refractivity contribution >= 4 is 16.0 Å². The Labute approximate surface area is 179 Å². The van der Waals surface area contributed by atoms with Crippen molar-refractivity contribution in [2.75, 3.05) is 38.2 Å². The normalized spacial score (nSPS) is 23.7. The molecule has 0 saturated carbocycles. The van der Waals surface area contributed by atoms with Gasteiger partial charge in [-0.15, -0.1) is 0 Å². The number of fused-ring (bicyclic) bond motifs is 1. The third kappa shape index (κ3) is 4.30. The lowest BCUT2D eigenvalue weighted by atomic mass is 10.0. The molecule has 30 heavy (non-hydrogen) atoms. The first-order valence-electron chi connectivity index (χ1n) is 10.7. The Balaban J connectivity index is 1.38. The predicted octanol–water partition coefficient (Wildman–Crippen LogP) is 2.52. The molecule has 2 atom stereocenters. The SMILES string of the molecule is CCc1cnc(N2CC[C@@H]3CN(CCc4ccc(OC)cc4)S(=O)(=O)[C@@H]3CC2)nc1. The summed E-state index contributed by atoms with van der Waals surface area (Å²) in [5.41, 5.74) is 2.23. The van der Waals surface area contributed by atoms with Gasteiger partial charge in [-0.3, -0.25) is 0 Å². The fraction of sp³-hybridized carbons (Fsp3) is 0.545. The molecule has 0 N–H and O–H groups in total. The molecule has 0 spiro atoms. The number of hydrogen-bond donors (Lipinski definition) is 0. The summed E-state index contributed by atoms with van der Waals surface area (Å²) in [6, 6.07) is 7.84. The molecule has 0 aliphatic carbocycles. The molecule has 2 saturated heterocycles. The van der Waals surface area contributed by atoms with Gasteiger partial charge in [-0.2, -0.15) is 0 Å². The van der Waals surface area contributed by atoms with Gasteiger partial charge in [0.15, 0.2) is 0 Å². The highest BCUT2D eigenvalue weighted by Gasteiger charge is 2.46. The Morgan fingerprint density at radius 1 is 1.07 bits per heavy atom. The van der Waals surface area contributed by atoms with E-state index in [0.29, 0.717) is 38.4 Å². The number of aryl methyl sites for hydroxylation is 1. The monoisotopic (exact) mass is 430 g/mol. The van der Waals surface area contributed by atoms with Gasteiger partial charge in [0, 0.05) is 38.6 Å². The number of rotatable bonds is 6. The van der Waals surface area contributed by atoms with Crippen molar-refractivity contribution in [1.29, 1.82) is 0 Å². The number of anilines is 1. The van der Waals surface area contributed by atoms with Gasteiger partial charge in [0.25, 0.3) is 0 Å². The summed E-state index contributed by atoms with van der Waals surface area (Å²) in [5, 5.41) is -0.298. The first-order chi connectivity index (χ1) is 14.5. The third-order valence-electron chi connectivity index (χ3n) is 6.35. The quantitative estimate of drug-likeness (QED) is 0.701. The summed E-state index contributed by atoms with van der Waals surface area (Å²) in [4.78, 5) is 11.1. The molecule has 0 bridgehead atoms. The molecule has 4 rings (SSSR count). The Morgan fingerprint density at radius 3 is 2.43 bits per heavy atom. The molecule has 1 aromatic heterocycles. The van der Waals surface area contributed by atoms with Crippen molar-refractivity contribution in [2.24, 2.45) is 5.92 Å². The Bertz CT molecular complexity index is 947. The molecular weight excluding hydrogens is 400 g/mol. The lowest BCUT2D eigenvalue weighted by Crippen LogP contribution is -2.33. The Hall–Kier alpha value is -2.19. The first kappa shape index (κ1) is 21.1. The molecule has 3 heterocycles. The molecule has 2 aliphatic rings. The van der Waals surface area contributed by atoms with Crippen LogP contribution in [0.2, 0.25) is 0 Å². The van der Waals surface area contributed by atoms with E-state index in [9.17, 15) is 8.42 Å². The zero-order chi connectivity index (χ0) is 21.1. The second kappa shape index (κ2) is 8.89. The van der Waals surface area contributed by atoms with Crippen molar-refractivity contribution in [3.63, 3.8) is 0 Å². The Kier molecular flexibility index (Phi) is 6.24. The highest BCUT2D eigenvalue weighted by Crippen LogP contribution is 2.35. The van der Waals surface area contributed by atoms with E-state index < -0.39 is 10.0 Å². The number of hydrogen-bond acceptors (Lipinski definition) is 6. The van der Waals surface area contributed by atoms with Crippen LogP contribution in [0, 0.1) is 5.92 Å². The van der Waals surface area contributed by atoms with Gasteiger partial charge in [0.05, 0.1) is 12.4 Å². The smallest absolute Gasteiger partial charge is 0.225 e. The van der Waals surface area contributed by atoms with Crippen LogP contribution in [0.3, 0.4) is 0 Å². The van der Waals surface area contributed by atoms with Crippen LogP contribution in [0.25, 0.3) is 0 Å². The third-order valence-corrected chi connectivity index (χ3v) is 8.79. The number of methoxy groups -OCH3 is 1. The van der Waals surface area contributed by atoms with Crippen LogP contribution >= 0.6 is 0 Å². The van der Waals surface area contributed by atoms with Gasteiger partial charge in [0.2, 0.25) is 16.0 Å². The van der Waals surface area contributed by atoms with E-state index in [2.05, 4.69) is 21.8 Å². The molecule has 2 aliphatic heterocycles. The molecule has 0 unspecified atom stereocenters. The lowest BCUT2D eigenvalue weighted by Gasteiger charge is -2.22. The summed E-state index contributed by atoms with van der Waals surface area (Å²) in [6.45, 7) is 4.71. The minimum atomic E-state index is -3.27. The topological polar surface area (TPSA) is 75.6 Å². The fourth-order valence-corrected chi connectivity index (χ4v) is 6.69. The van der Waals surface area contributed by atoms with Crippen LogP contribution in [0.4, 0.5) is 5.95 Å². The van der Waals surface area contributed by atoms with Crippen molar-refractivity contribution < 1.29 is 13.2 Å². The first-order valence-corrected chi connectivity index (χ1v) is 12.2. The number of benzene rings is 1. The molecule has 0 amide bonds. The van der Waals surface area contributed by atoms with Gasteiger partial charge >= 0.3 is 0 Å². The van der Waals surface area contributed by atoms with Gasteiger partial charge in [0.1, 0.15) is 5.75 Å². The minimum Gasteiger partial charge on any atom is -0.497 e. The lowest BCUT2D eigenvalue weighted by molar-refractivity contribution is 0.388. The maximum absolute atomic E-state index is 13.2. The summed E-state index contributed by atoms with van der Waals surface area (Å²) in [7, 11) is -1.63. The average Bonchev–Trinajstić information content (AvgIpc) is 2.90. The van der Waals surface area contributed by atoms with Gasteiger partial charge in [-0.05, 0) is 54.9 Å². The molecule has 2 aromatic rings. The minimum absolute atomic E-state index is 0.172. The van der Waals surface area contributed by atoms with E-state index in [1.165, 1.54) is 0 Å². The summed E-state index contributed by atoms with van der Waals surface area (Å²) >= 11 is 0. The molecule has 7 nitrogen and oxygen atoms in total. The number of aromatic nitrogens is 2. The molecule has 0 radical (unpaired) electrons. The van der Waals surface area contributed by atoms with Crippen molar-refractivity contribution in [1.82, 2.24) is 14.3 Å². The Morgan fingerprint density at radius 2 is 1.77 bits per heavy atom. The standard InChI is InChI=1S/C22H30N4O3S/c1-3-17-14-23-22(24-15-17)25-11-9-19-16-26(30(27,28)21(19)10-12-25)13-8-18-4-6-20(29-2)7-5-18/h4-7,14-15,19,21H,3,8-13,16H2,1-2H3/t19-,21-/m1/s1. The van der Waals surface area contributed by atoms with Crippen LogP contribution in [-0.4, -0.2) is 61.2 Å². The highest BCUT2D eigenvalue weighted by molar-refractivity contribution is 7.90. The number of nitrogens with zero attached hydrogens (tertiary/aromatic N) is 4. The molecular formula is C22H30N4O3S. The van der Waals surface area contributed by atoms with E-state index in [-0.39, 0.29) is 11.2 Å². The maximum atomic E-state index is 13.2. The predicted molar refractivity (Wildman–Crippen MR) is 117 cm³/mol. The zero-order valence-corrected chi connectivity index (χ0v) is 18.5. The van der Waals surface area contributed by atoms with E-state index in [0.717, 1.165) is 36.3 Å². The van der Waals surface area contributed by atoms with Crippen LogP contribution in [0.1, 0.15) is 30.9 Å². The zero-order valence-electron chi connectivity index (χ0n) is 17.7. The number of sulfonamides is 1. The van der Waals surface area contributed by atoms with Crippen LogP contribution < -0.4 is 9.64 Å². The average molecular weight is 431 g/mol. The van der Waals surface area contributed by atoms with Crippen molar-refractivity contribution in [3.8, 4) is 5.75 Å². The van der Waals surface area contributed by atoms with Crippen molar-refractivity contribution in [3.05, 3.63) is 47.8 Å². The molecule has 8 heteroatoms. The molecule has 2 fully saturated rings. The van der Waals surface area contributed by atoms with E-state index in [1.54, 1.807) is 11.4 Å².